The standard InChI is InChI=1S/C12H15N2O2/c1-9(2)11(8-15)12(16)14-7-10-5-3-4-6-13-10/h3-6,9,11H,7H2,1-2H3,(H,14,16). The molecular weight excluding hydrogens is 204 g/mol. The molecule has 0 spiro atoms. The molecule has 4 heteroatoms. The Morgan fingerprint density at radius 3 is 2.75 bits per heavy atom. The lowest BCUT2D eigenvalue weighted by molar-refractivity contribution is -0.124. The number of pyridine rings is 1. The van der Waals surface area contributed by atoms with E-state index in [0.717, 1.165) is 5.69 Å². The van der Waals surface area contributed by atoms with Gasteiger partial charge >= 0.3 is 0 Å². The normalized spacial score (nSPS) is 12.2. The Bertz CT molecular complexity index is 349. The lowest BCUT2D eigenvalue weighted by atomic mass is 9.97. The first-order valence-electron chi connectivity index (χ1n) is 5.20. The topological polar surface area (TPSA) is 59.1 Å². The van der Waals surface area contributed by atoms with Gasteiger partial charge in [0, 0.05) is 6.20 Å². The fourth-order valence-electron chi connectivity index (χ4n) is 1.28. The number of carbonyl (C=O) groups is 1. The largest absolute Gasteiger partial charge is 0.350 e. The van der Waals surface area contributed by atoms with Crippen molar-refractivity contribution in [3.8, 4) is 0 Å². The molecule has 1 amide bonds. The summed E-state index contributed by atoms with van der Waals surface area (Å²) in [7, 11) is 0. The zero-order chi connectivity index (χ0) is 12.0. The van der Waals surface area contributed by atoms with Crippen LogP contribution in [0.4, 0.5) is 0 Å². The Hall–Kier alpha value is -1.71. The summed E-state index contributed by atoms with van der Waals surface area (Å²) in [6.45, 7) is 3.97. The summed E-state index contributed by atoms with van der Waals surface area (Å²) >= 11 is 0. The van der Waals surface area contributed by atoms with Crippen LogP contribution >= 0.6 is 0 Å². The van der Waals surface area contributed by atoms with Crippen molar-refractivity contribution in [3.05, 3.63) is 30.1 Å². The van der Waals surface area contributed by atoms with Gasteiger partial charge in [-0.05, 0) is 18.1 Å². The summed E-state index contributed by atoms with van der Waals surface area (Å²) in [6, 6.07) is 5.47. The Labute approximate surface area is 95.1 Å². The molecular formula is C12H15N2O2. The van der Waals surface area contributed by atoms with Crippen LogP contribution in [0.25, 0.3) is 0 Å². The predicted octanol–water partition coefficient (Wildman–Crippen LogP) is 1.08. The maximum atomic E-state index is 11.6. The van der Waals surface area contributed by atoms with Gasteiger partial charge in [-0.15, -0.1) is 0 Å². The fourth-order valence-corrected chi connectivity index (χ4v) is 1.28. The van der Waals surface area contributed by atoms with E-state index in [9.17, 15) is 9.59 Å². The Morgan fingerprint density at radius 1 is 1.50 bits per heavy atom. The second-order valence-electron chi connectivity index (χ2n) is 3.88. The molecule has 0 saturated carbocycles. The van der Waals surface area contributed by atoms with Crippen LogP contribution < -0.4 is 5.32 Å². The fraction of sp³-hybridized carbons (Fsp3) is 0.417. The van der Waals surface area contributed by atoms with E-state index in [1.165, 1.54) is 0 Å². The summed E-state index contributed by atoms with van der Waals surface area (Å²) < 4.78 is 0. The zero-order valence-corrected chi connectivity index (χ0v) is 9.43. The van der Waals surface area contributed by atoms with Crippen LogP contribution in [-0.4, -0.2) is 17.2 Å². The third-order valence-electron chi connectivity index (χ3n) is 2.25. The van der Waals surface area contributed by atoms with Gasteiger partial charge in [0.25, 0.3) is 0 Å². The van der Waals surface area contributed by atoms with E-state index in [4.69, 9.17) is 0 Å². The summed E-state index contributed by atoms with van der Waals surface area (Å²) in [5.74, 6) is -1.04. The molecule has 0 aromatic carbocycles. The Morgan fingerprint density at radius 2 is 2.25 bits per heavy atom. The number of nitrogens with one attached hydrogen (secondary N) is 1. The molecule has 1 aromatic rings. The molecule has 0 aliphatic rings. The second-order valence-corrected chi connectivity index (χ2v) is 3.88. The maximum absolute atomic E-state index is 11.6. The van der Waals surface area contributed by atoms with Gasteiger partial charge in [0.2, 0.25) is 12.2 Å². The van der Waals surface area contributed by atoms with Gasteiger partial charge < -0.3 is 5.32 Å². The maximum Gasteiger partial charge on any atom is 0.231 e. The number of amides is 1. The van der Waals surface area contributed by atoms with Gasteiger partial charge in [-0.25, -0.2) is 0 Å². The molecule has 1 radical (unpaired) electrons. The average Bonchev–Trinajstić information content (AvgIpc) is 2.28. The molecule has 0 fully saturated rings. The monoisotopic (exact) mass is 219 g/mol. The molecule has 0 bridgehead atoms. The molecule has 1 N–H and O–H groups in total. The van der Waals surface area contributed by atoms with Crippen molar-refractivity contribution in [1.29, 1.82) is 0 Å². The van der Waals surface area contributed by atoms with E-state index in [2.05, 4.69) is 10.3 Å². The zero-order valence-electron chi connectivity index (χ0n) is 9.43. The highest BCUT2D eigenvalue weighted by Gasteiger charge is 2.21. The number of aromatic nitrogens is 1. The van der Waals surface area contributed by atoms with E-state index >= 15 is 0 Å². The number of hydrogen-bond donors (Lipinski definition) is 1. The third-order valence-corrected chi connectivity index (χ3v) is 2.25. The van der Waals surface area contributed by atoms with Gasteiger partial charge in [0.15, 0.2) is 0 Å². The number of hydrogen-bond acceptors (Lipinski definition) is 3. The van der Waals surface area contributed by atoms with Crippen LogP contribution in [0.5, 0.6) is 0 Å². The second kappa shape index (κ2) is 6.00. The van der Waals surface area contributed by atoms with Crippen molar-refractivity contribution in [2.24, 2.45) is 11.8 Å². The van der Waals surface area contributed by atoms with Gasteiger partial charge in [-0.2, -0.15) is 0 Å². The molecule has 0 aliphatic carbocycles. The van der Waals surface area contributed by atoms with E-state index in [1.54, 1.807) is 18.5 Å². The Balaban J connectivity index is 2.49. The molecule has 0 saturated heterocycles. The first-order valence-corrected chi connectivity index (χ1v) is 5.20. The first kappa shape index (κ1) is 12.4. The minimum Gasteiger partial charge on any atom is -0.350 e. The quantitative estimate of drug-likeness (QED) is 0.754. The molecule has 1 aromatic heterocycles. The third kappa shape index (κ3) is 3.46. The van der Waals surface area contributed by atoms with Crippen LogP contribution in [0.15, 0.2) is 24.4 Å². The van der Waals surface area contributed by atoms with Crippen molar-refractivity contribution < 1.29 is 9.59 Å². The predicted molar refractivity (Wildman–Crippen MR) is 60.1 cm³/mol. The van der Waals surface area contributed by atoms with Crippen LogP contribution in [0, 0.1) is 11.8 Å². The minimum atomic E-state index is -0.705. The van der Waals surface area contributed by atoms with Gasteiger partial charge in [-0.3, -0.25) is 14.6 Å². The van der Waals surface area contributed by atoms with Gasteiger partial charge in [0.05, 0.1) is 12.2 Å². The molecule has 1 unspecified atom stereocenters. The van der Waals surface area contributed by atoms with Gasteiger partial charge in [-0.1, -0.05) is 19.9 Å². The minimum absolute atomic E-state index is 0.0405. The van der Waals surface area contributed by atoms with E-state index < -0.39 is 5.92 Å². The SMILES string of the molecule is CC(C)C([C]=O)C(=O)NCc1ccccn1. The highest BCUT2D eigenvalue weighted by molar-refractivity contribution is 5.92. The van der Waals surface area contributed by atoms with Crippen LogP contribution in [0.1, 0.15) is 19.5 Å². The highest BCUT2D eigenvalue weighted by Crippen LogP contribution is 2.07. The lowest BCUT2D eigenvalue weighted by Gasteiger charge is -2.13. The van der Waals surface area contributed by atoms with E-state index in [0.29, 0.717) is 6.54 Å². The van der Waals surface area contributed by atoms with E-state index in [1.807, 2.05) is 26.0 Å². The molecule has 4 nitrogen and oxygen atoms in total. The summed E-state index contributed by atoms with van der Waals surface area (Å²) in [6.07, 6.45) is 3.42. The van der Waals surface area contributed by atoms with E-state index in [-0.39, 0.29) is 11.8 Å². The molecule has 85 valence electrons. The Kier molecular flexibility index (Phi) is 4.64. The summed E-state index contributed by atoms with van der Waals surface area (Å²) in [4.78, 5) is 26.3. The van der Waals surface area contributed by atoms with Crippen LogP contribution in [0.2, 0.25) is 0 Å². The number of nitrogens with zero attached hydrogens (tertiary/aromatic N) is 1. The van der Waals surface area contributed by atoms with Crippen molar-refractivity contribution in [2.45, 2.75) is 20.4 Å². The molecule has 0 aliphatic heterocycles. The summed E-state index contributed by atoms with van der Waals surface area (Å²) in [5, 5.41) is 2.67. The lowest BCUT2D eigenvalue weighted by Crippen LogP contribution is -2.34. The smallest absolute Gasteiger partial charge is 0.231 e. The van der Waals surface area contributed by atoms with Crippen LogP contribution in [0.3, 0.4) is 0 Å². The molecule has 16 heavy (non-hydrogen) atoms. The highest BCUT2D eigenvalue weighted by atomic mass is 16.2. The number of rotatable bonds is 5. The van der Waals surface area contributed by atoms with Gasteiger partial charge in [0.1, 0.15) is 5.92 Å². The summed E-state index contributed by atoms with van der Waals surface area (Å²) in [5.41, 5.74) is 0.768. The van der Waals surface area contributed by atoms with Crippen molar-refractivity contribution in [2.75, 3.05) is 0 Å². The first-order chi connectivity index (χ1) is 7.65. The van der Waals surface area contributed by atoms with Crippen LogP contribution in [-0.2, 0) is 16.1 Å². The van der Waals surface area contributed by atoms with Crippen molar-refractivity contribution >= 4 is 12.2 Å². The molecule has 1 heterocycles. The average molecular weight is 219 g/mol. The molecule has 1 atom stereocenters. The molecule has 1 rings (SSSR count). The van der Waals surface area contributed by atoms with Crippen molar-refractivity contribution in [1.82, 2.24) is 10.3 Å². The number of carbonyl (C=O) groups excluding carboxylic acids is 2. The van der Waals surface area contributed by atoms with Crippen molar-refractivity contribution in [3.63, 3.8) is 0 Å².